The van der Waals surface area contributed by atoms with Gasteiger partial charge in [-0.1, -0.05) is 0 Å². The molecule has 0 aromatic carbocycles. The highest BCUT2D eigenvalue weighted by Crippen LogP contribution is 2.30. The Labute approximate surface area is 106 Å². The number of hydrogen-bond donors (Lipinski definition) is 1. The first-order valence-corrected chi connectivity index (χ1v) is 8.20. The fraction of sp³-hybridized carbons (Fsp3) is 0.818. The maximum Gasteiger partial charge on any atom is 0.220 e. The Balaban J connectivity index is 1.73. The Morgan fingerprint density at radius 1 is 1.06 bits per heavy atom. The molecule has 2 fully saturated rings. The predicted molar refractivity (Wildman–Crippen MR) is 65.2 cm³/mol. The van der Waals surface area contributed by atoms with Crippen LogP contribution in [0.1, 0.15) is 42.9 Å². The van der Waals surface area contributed by atoms with Crippen molar-refractivity contribution in [2.24, 2.45) is 0 Å². The molecule has 3 heterocycles. The van der Waals surface area contributed by atoms with Crippen molar-refractivity contribution in [1.29, 1.82) is 0 Å². The third-order valence-corrected chi connectivity index (χ3v) is 5.49. The molecule has 2 aliphatic rings. The molecule has 1 unspecified atom stereocenters. The van der Waals surface area contributed by atoms with E-state index < -0.39 is 9.84 Å². The van der Waals surface area contributed by atoms with Crippen molar-refractivity contribution < 1.29 is 12.8 Å². The Morgan fingerprint density at radius 3 is 2.33 bits per heavy atom. The molecular formula is C11H17N3O3S. The molecule has 2 saturated heterocycles. The lowest BCUT2D eigenvalue weighted by atomic mass is 9.98. The highest BCUT2D eigenvalue weighted by Gasteiger charge is 2.33. The lowest BCUT2D eigenvalue weighted by Gasteiger charge is -2.18. The second-order valence-corrected chi connectivity index (χ2v) is 7.33. The molecule has 1 aromatic heterocycles. The Kier molecular flexibility index (Phi) is 3.11. The quantitative estimate of drug-likeness (QED) is 0.840. The van der Waals surface area contributed by atoms with E-state index in [-0.39, 0.29) is 17.4 Å². The molecule has 0 amide bonds. The van der Waals surface area contributed by atoms with Crippen molar-refractivity contribution in [2.45, 2.75) is 31.1 Å². The van der Waals surface area contributed by atoms with Crippen molar-refractivity contribution in [1.82, 2.24) is 15.5 Å². The molecule has 100 valence electrons. The van der Waals surface area contributed by atoms with Crippen molar-refractivity contribution in [3.8, 4) is 0 Å². The highest BCUT2D eigenvalue weighted by atomic mass is 32.2. The third kappa shape index (κ3) is 2.42. The van der Waals surface area contributed by atoms with Crippen LogP contribution in [0.2, 0.25) is 0 Å². The van der Waals surface area contributed by atoms with E-state index in [0.717, 1.165) is 25.9 Å². The zero-order valence-corrected chi connectivity index (χ0v) is 10.9. The topological polar surface area (TPSA) is 85.1 Å². The minimum atomic E-state index is -2.90. The molecule has 7 heteroatoms. The Morgan fingerprint density at radius 2 is 1.72 bits per heavy atom. The summed E-state index contributed by atoms with van der Waals surface area (Å²) in [6.45, 7) is 1.94. The molecule has 0 aliphatic carbocycles. The maximum absolute atomic E-state index is 11.4. The van der Waals surface area contributed by atoms with E-state index in [1.807, 2.05) is 0 Å². The summed E-state index contributed by atoms with van der Waals surface area (Å²) < 4.78 is 28.5. The molecule has 1 atom stereocenters. The van der Waals surface area contributed by atoms with E-state index in [1.165, 1.54) is 0 Å². The molecule has 2 aliphatic heterocycles. The number of piperidine rings is 1. The van der Waals surface area contributed by atoms with Crippen molar-refractivity contribution in [2.75, 3.05) is 24.6 Å². The number of sulfone groups is 1. The first-order valence-electron chi connectivity index (χ1n) is 6.38. The first kappa shape index (κ1) is 12.1. The zero-order chi connectivity index (χ0) is 12.6. The van der Waals surface area contributed by atoms with Gasteiger partial charge in [0.2, 0.25) is 11.8 Å². The van der Waals surface area contributed by atoms with Crippen LogP contribution in [0.25, 0.3) is 0 Å². The number of hydrogen-bond acceptors (Lipinski definition) is 6. The summed E-state index contributed by atoms with van der Waals surface area (Å²) in [5.41, 5.74) is 0. The normalized spacial score (nSPS) is 28.6. The standard InChI is InChI=1S/C11H17N3O3S/c15-18(16)6-3-9(7-18)11-14-13-10(17-11)8-1-4-12-5-2-8/h8-9,12H,1-7H2. The minimum Gasteiger partial charge on any atom is -0.425 e. The zero-order valence-electron chi connectivity index (χ0n) is 10.1. The van der Waals surface area contributed by atoms with E-state index in [2.05, 4.69) is 15.5 Å². The average Bonchev–Trinajstić information content (AvgIpc) is 2.96. The van der Waals surface area contributed by atoms with Gasteiger partial charge in [-0.15, -0.1) is 10.2 Å². The van der Waals surface area contributed by atoms with Crippen LogP contribution in [0, 0.1) is 0 Å². The van der Waals surface area contributed by atoms with Gasteiger partial charge < -0.3 is 9.73 Å². The summed E-state index contributed by atoms with van der Waals surface area (Å²) >= 11 is 0. The molecule has 18 heavy (non-hydrogen) atoms. The summed E-state index contributed by atoms with van der Waals surface area (Å²) in [5.74, 6) is 1.80. The van der Waals surface area contributed by atoms with Crippen molar-refractivity contribution in [3.63, 3.8) is 0 Å². The molecule has 0 radical (unpaired) electrons. The van der Waals surface area contributed by atoms with Gasteiger partial charge >= 0.3 is 0 Å². The number of nitrogens with zero attached hydrogens (tertiary/aromatic N) is 2. The Bertz CT molecular complexity index is 519. The molecule has 0 saturated carbocycles. The smallest absolute Gasteiger partial charge is 0.220 e. The average molecular weight is 271 g/mol. The predicted octanol–water partition coefficient (Wildman–Crippen LogP) is 0.439. The van der Waals surface area contributed by atoms with Gasteiger partial charge in [0, 0.05) is 5.92 Å². The van der Waals surface area contributed by atoms with Gasteiger partial charge in [0.25, 0.3) is 0 Å². The largest absolute Gasteiger partial charge is 0.425 e. The molecule has 1 aromatic rings. The fourth-order valence-electron chi connectivity index (χ4n) is 2.64. The molecule has 0 bridgehead atoms. The maximum atomic E-state index is 11.4. The van der Waals surface area contributed by atoms with E-state index in [0.29, 0.717) is 24.1 Å². The SMILES string of the molecule is O=S1(=O)CCC(c2nnc(C3CCNCC3)o2)C1. The van der Waals surface area contributed by atoms with Crippen LogP contribution in [-0.2, 0) is 9.84 Å². The number of rotatable bonds is 2. The molecular weight excluding hydrogens is 254 g/mol. The minimum absolute atomic E-state index is 0.0991. The van der Waals surface area contributed by atoms with E-state index in [1.54, 1.807) is 0 Å². The fourth-order valence-corrected chi connectivity index (χ4v) is 4.37. The van der Waals surface area contributed by atoms with Crippen LogP contribution < -0.4 is 5.32 Å². The van der Waals surface area contributed by atoms with Crippen molar-refractivity contribution in [3.05, 3.63) is 11.8 Å². The van der Waals surface area contributed by atoms with Gasteiger partial charge in [-0.05, 0) is 32.4 Å². The monoisotopic (exact) mass is 271 g/mol. The van der Waals surface area contributed by atoms with Gasteiger partial charge in [-0.2, -0.15) is 0 Å². The lowest BCUT2D eigenvalue weighted by molar-refractivity contribution is 0.352. The van der Waals surface area contributed by atoms with Gasteiger partial charge in [0.05, 0.1) is 17.4 Å². The second-order valence-electron chi connectivity index (χ2n) is 5.10. The Hall–Kier alpha value is -0.950. The second kappa shape index (κ2) is 4.62. The first-order chi connectivity index (χ1) is 8.64. The van der Waals surface area contributed by atoms with Crippen LogP contribution in [0.4, 0.5) is 0 Å². The van der Waals surface area contributed by atoms with E-state index in [4.69, 9.17) is 4.42 Å². The molecule has 0 spiro atoms. The summed E-state index contributed by atoms with van der Waals surface area (Å²) in [5, 5.41) is 11.4. The van der Waals surface area contributed by atoms with Gasteiger partial charge in [-0.25, -0.2) is 8.42 Å². The number of nitrogens with one attached hydrogen (secondary N) is 1. The highest BCUT2D eigenvalue weighted by molar-refractivity contribution is 7.91. The summed E-state index contributed by atoms with van der Waals surface area (Å²) in [7, 11) is -2.90. The van der Waals surface area contributed by atoms with Gasteiger partial charge in [0.1, 0.15) is 0 Å². The molecule has 3 rings (SSSR count). The van der Waals surface area contributed by atoms with E-state index >= 15 is 0 Å². The summed E-state index contributed by atoms with van der Waals surface area (Å²) in [6, 6.07) is 0. The van der Waals surface area contributed by atoms with Crippen molar-refractivity contribution >= 4 is 9.84 Å². The molecule has 1 N–H and O–H groups in total. The number of aromatic nitrogens is 2. The third-order valence-electron chi connectivity index (χ3n) is 3.73. The van der Waals surface area contributed by atoms with Crippen LogP contribution in [0.5, 0.6) is 0 Å². The van der Waals surface area contributed by atoms with Crippen LogP contribution in [0.3, 0.4) is 0 Å². The summed E-state index contributed by atoms with van der Waals surface area (Å²) in [6.07, 6.45) is 2.62. The van der Waals surface area contributed by atoms with Gasteiger partial charge in [-0.3, -0.25) is 0 Å². The van der Waals surface area contributed by atoms with Gasteiger partial charge in [0.15, 0.2) is 9.84 Å². The molecule has 6 nitrogen and oxygen atoms in total. The van der Waals surface area contributed by atoms with Crippen LogP contribution in [0.15, 0.2) is 4.42 Å². The van der Waals surface area contributed by atoms with Crippen LogP contribution in [-0.4, -0.2) is 43.2 Å². The lowest BCUT2D eigenvalue weighted by Crippen LogP contribution is -2.26. The van der Waals surface area contributed by atoms with E-state index in [9.17, 15) is 8.42 Å². The summed E-state index contributed by atoms with van der Waals surface area (Å²) in [4.78, 5) is 0. The van der Waals surface area contributed by atoms with Crippen LogP contribution >= 0.6 is 0 Å².